The second-order valence-electron chi connectivity index (χ2n) is 6.14. The number of hydrogen-bond donors (Lipinski definition) is 0. The number of hydrogen-bond acceptors (Lipinski definition) is 4. The summed E-state index contributed by atoms with van der Waals surface area (Å²) in [6, 6.07) is 7.33. The first kappa shape index (κ1) is 13.3. The first-order chi connectivity index (χ1) is 10.2. The standard InChI is InChI=1S/C17H21N3S/c1-4-20-9-8-11-6-5-7-12-15(11)13(20)10-14-16(12)18-17(21-14)19(2)3/h5-7,13H,4,8-10H2,1-3H3. The number of nitrogens with zero attached hydrogens (tertiary/aromatic N) is 3. The van der Waals surface area contributed by atoms with Crippen molar-refractivity contribution in [2.45, 2.75) is 25.8 Å². The van der Waals surface area contributed by atoms with Gasteiger partial charge in [0.15, 0.2) is 5.13 Å². The minimum atomic E-state index is 0.554. The Labute approximate surface area is 130 Å². The lowest BCUT2D eigenvalue weighted by Crippen LogP contribution is -2.38. The fourth-order valence-electron chi connectivity index (χ4n) is 3.70. The Balaban J connectivity index is 1.91. The predicted octanol–water partition coefficient (Wildman–Crippen LogP) is 3.35. The van der Waals surface area contributed by atoms with E-state index in [9.17, 15) is 0 Å². The van der Waals surface area contributed by atoms with Gasteiger partial charge in [0.25, 0.3) is 0 Å². The molecule has 2 aromatic rings. The highest BCUT2D eigenvalue weighted by molar-refractivity contribution is 7.16. The molecule has 1 aliphatic heterocycles. The summed E-state index contributed by atoms with van der Waals surface area (Å²) in [5, 5.41) is 1.12. The maximum Gasteiger partial charge on any atom is 0.185 e. The van der Waals surface area contributed by atoms with Crippen LogP contribution in [0.25, 0.3) is 11.3 Å². The average molecular weight is 299 g/mol. The van der Waals surface area contributed by atoms with Crippen LogP contribution in [-0.2, 0) is 12.8 Å². The molecule has 0 radical (unpaired) electrons. The quantitative estimate of drug-likeness (QED) is 0.848. The maximum atomic E-state index is 4.90. The number of anilines is 1. The summed E-state index contributed by atoms with van der Waals surface area (Å²) in [5.74, 6) is 0. The maximum absolute atomic E-state index is 4.90. The third-order valence-electron chi connectivity index (χ3n) is 4.75. The number of likely N-dealkylation sites (N-methyl/N-ethyl adjacent to an activating group) is 1. The molecule has 0 N–H and O–H groups in total. The zero-order chi connectivity index (χ0) is 14.6. The minimum absolute atomic E-state index is 0.554. The molecule has 1 atom stereocenters. The number of fused-ring (bicyclic) bond motifs is 2. The molecule has 0 fully saturated rings. The Bertz CT molecular complexity index is 689. The van der Waals surface area contributed by atoms with Crippen molar-refractivity contribution in [1.82, 2.24) is 9.88 Å². The topological polar surface area (TPSA) is 19.4 Å². The molecule has 1 aromatic carbocycles. The van der Waals surface area contributed by atoms with E-state index in [1.54, 1.807) is 5.56 Å². The van der Waals surface area contributed by atoms with E-state index in [1.807, 2.05) is 11.3 Å². The van der Waals surface area contributed by atoms with Gasteiger partial charge in [-0.25, -0.2) is 4.98 Å². The van der Waals surface area contributed by atoms with Gasteiger partial charge in [-0.05, 0) is 24.1 Å². The second-order valence-corrected chi connectivity index (χ2v) is 7.20. The highest BCUT2D eigenvalue weighted by Gasteiger charge is 2.35. The van der Waals surface area contributed by atoms with Gasteiger partial charge in [-0.2, -0.15) is 0 Å². The first-order valence-electron chi connectivity index (χ1n) is 7.72. The van der Waals surface area contributed by atoms with Crippen LogP contribution < -0.4 is 4.90 Å². The van der Waals surface area contributed by atoms with E-state index in [0.717, 1.165) is 18.1 Å². The predicted molar refractivity (Wildman–Crippen MR) is 89.3 cm³/mol. The lowest BCUT2D eigenvalue weighted by atomic mass is 9.81. The Morgan fingerprint density at radius 3 is 3.00 bits per heavy atom. The molecule has 3 nitrogen and oxygen atoms in total. The van der Waals surface area contributed by atoms with Crippen LogP contribution in [0.3, 0.4) is 0 Å². The van der Waals surface area contributed by atoms with E-state index in [0.29, 0.717) is 6.04 Å². The van der Waals surface area contributed by atoms with E-state index in [-0.39, 0.29) is 0 Å². The van der Waals surface area contributed by atoms with Gasteiger partial charge >= 0.3 is 0 Å². The van der Waals surface area contributed by atoms with Crippen LogP contribution in [0.4, 0.5) is 5.13 Å². The highest BCUT2D eigenvalue weighted by atomic mass is 32.1. The van der Waals surface area contributed by atoms with E-state index in [2.05, 4.69) is 49.0 Å². The molecule has 0 saturated heterocycles. The molecular formula is C17H21N3S. The smallest absolute Gasteiger partial charge is 0.185 e. The molecule has 1 aromatic heterocycles. The molecule has 4 heteroatoms. The van der Waals surface area contributed by atoms with Gasteiger partial charge < -0.3 is 4.90 Å². The van der Waals surface area contributed by atoms with Crippen molar-refractivity contribution in [3.63, 3.8) is 0 Å². The van der Waals surface area contributed by atoms with Crippen LogP contribution in [0.5, 0.6) is 0 Å². The Kier molecular flexibility index (Phi) is 3.05. The summed E-state index contributed by atoms with van der Waals surface area (Å²) in [5.41, 5.74) is 5.69. The van der Waals surface area contributed by atoms with Gasteiger partial charge in [0.2, 0.25) is 0 Å². The minimum Gasteiger partial charge on any atom is -0.354 e. The Morgan fingerprint density at radius 1 is 1.38 bits per heavy atom. The summed E-state index contributed by atoms with van der Waals surface area (Å²) in [4.78, 5) is 11.1. The lowest BCUT2D eigenvalue weighted by Gasteiger charge is -2.40. The van der Waals surface area contributed by atoms with Crippen LogP contribution in [0.1, 0.15) is 29.0 Å². The van der Waals surface area contributed by atoms with Crippen LogP contribution in [0, 0.1) is 0 Å². The second kappa shape index (κ2) is 4.82. The number of thiazole rings is 1. The van der Waals surface area contributed by atoms with Gasteiger partial charge in [-0.15, -0.1) is 11.3 Å². The molecule has 0 amide bonds. The molecule has 1 unspecified atom stereocenters. The molecule has 4 rings (SSSR count). The number of rotatable bonds is 2. The van der Waals surface area contributed by atoms with Crippen LogP contribution >= 0.6 is 11.3 Å². The normalized spacial score (nSPS) is 20.0. The Hall–Kier alpha value is -1.39. The van der Waals surface area contributed by atoms with Crippen LogP contribution in [0.15, 0.2) is 18.2 Å². The number of benzene rings is 1. The van der Waals surface area contributed by atoms with Crippen molar-refractivity contribution >= 4 is 16.5 Å². The van der Waals surface area contributed by atoms with Crippen LogP contribution in [0.2, 0.25) is 0 Å². The van der Waals surface area contributed by atoms with Crippen molar-refractivity contribution in [2.75, 3.05) is 32.1 Å². The fourth-order valence-corrected chi connectivity index (χ4v) is 4.73. The molecular weight excluding hydrogens is 278 g/mol. The summed E-state index contributed by atoms with van der Waals surface area (Å²) < 4.78 is 0. The van der Waals surface area contributed by atoms with Gasteiger partial charge in [0.05, 0.1) is 5.69 Å². The average Bonchev–Trinajstić information content (AvgIpc) is 2.92. The van der Waals surface area contributed by atoms with Gasteiger partial charge in [0.1, 0.15) is 0 Å². The van der Waals surface area contributed by atoms with E-state index in [1.165, 1.54) is 34.7 Å². The SMILES string of the molecule is CCN1CCc2cccc3c2C1Cc1sc(N(C)C)nc1-3. The molecule has 0 bridgehead atoms. The highest BCUT2D eigenvalue weighted by Crippen LogP contribution is 2.47. The zero-order valence-electron chi connectivity index (χ0n) is 12.9. The van der Waals surface area contributed by atoms with Gasteiger partial charge in [-0.1, -0.05) is 25.1 Å². The largest absolute Gasteiger partial charge is 0.354 e. The van der Waals surface area contributed by atoms with Crippen molar-refractivity contribution in [3.8, 4) is 11.3 Å². The third-order valence-corrected chi connectivity index (χ3v) is 5.99. The van der Waals surface area contributed by atoms with E-state index in [4.69, 9.17) is 4.98 Å². The summed E-state index contributed by atoms with van der Waals surface area (Å²) in [7, 11) is 4.16. The molecule has 21 heavy (non-hydrogen) atoms. The fraction of sp³-hybridized carbons (Fsp3) is 0.471. The number of aromatic nitrogens is 1. The van der Waals surface area contributed by atoms with Gasteiger partial charge in [-0.3, -0.25) is 4.90 Å². The summed E-state index contributed by atoms with van der Waals surface area (Å²) in [6.07, 6.45) is 2.30. The molecule has 0 spiro atoms. The first-order valence-corrected chi connectivity index (χ1v) is 8.54. The summed E-state index contributed by atoms with van der Waals surface area (Å²) in [6.45, 7) is 4.60. The van der Waals surface area contributed by atoms with Crippen molar-refractivity contribution in [1.29, 1.82) is 0 Å². The third kappa shape index (κ3) is 1.93. The lowest BCUT2D eigenvalue weighted by molar-refractivity contribution is 0.193. The molecule has 2 aliphatic rings. The Morgan fingerprint density at radius 2 is 2.24 bits per heavy atom. The van der Waals surface area contributed by atoms with Gasteiger partial charge in [0, 0.05) is 43.5 Å². The molecule has 1 aliphatic carbocycles. The molecule has 110 valence electrons. The van der Waals surface area contributed by atoms with Crippen molar-refractivity contribution in [3.05, 3.63) is 34.2 Å². The summed E-state index contributed by atoms with van der Waals surface area (Å²) >= 11 is 1.86. The van der Waals surface area contributed by atoms with Crippen molar-refractivity contribution in [2.24, 2.45) is 0 Å². The monoisotopic (exact) mass is 299 g/mol. The van der Waals surface area contributed by atoms with E-state index >= 15 is 0 Å². The zero-order valence-corrected chi connectivity index (χ0v) is 13.7. The van der Waals surface area contributed by atoms with Crippen LogP contribution in [-0.4, -0.2) is 37.1 Å². The van der Waals surface area contributed by atoms with Crippen molar-refractivity contribution < 1.29 is 0 Å². The molecule has 0 saturated carbocycles. The van der Waals surface area contributed by atoms with E-state index < -0.39 is 0 Å². The molecule has 2 heterocycles.